The molecule has 0 spiro atoms. The highest BCUT2D eigenvalue weighted by Crippen LogP contribution is 2.32. The zero-order valence-electron chi connectivity index (χ0n) is 11.7. The molecule has 7 heteroatoms. The molecule has 1 aliphatic rings. The molecule has 2 aromatic carbocycles. The third-order valence-corrected chi connectivity index (χ3v) is 4.91. The molecule has 0 unspecified atom stereocenters. The topological polar surface area (TPSA) is 49.4 Å². The predicted octanol–water partition coefficient (Wildman–Crippen LogP) is 4.50. The maximum absolute atomic E-state index is 12.6. The highest BCUT2D eigenvalue weighted by Gasteiger charge is 2.40. The fraction of sp³-hybridized carbons (Fsp3) is 0.125. The first-order valence-electron chi connectivity index (χ1n) is 6.80. The summed E-state index contributed by atoms with van der Waals surface area (Å²) in [5.74, 6) is -0.549. The summed E-state index contributed by atoms with van der Waals surface area (Å²) in [4.78, 5) is 26.0. The molecule has 1 atom stereocenters. The zero-order chi connectivity index (χ0) is 16.6. The van der Waals surface area contributed by atoms with Gasteiger partial charge in [0, 0.05) is 10.2 Å². The van der Waals surface area contributed by atoms with E-state index in [2.05, 4.69) is 21.2 Å². The van der Waals surface area contributed by atoms with Gasteiger partial charge in [0.15, 0.2) is 0 Å². The molecule has 1 heterocycles. The molecule has 0 radical (unpaired) electrons. The van der Waals surface area contributed by atoms with Crippen LogP contribution in [0, 0.1) is 0 Å². The molecule has 2 aromatic rings. The normalized spacial score (nSPS) is 17.7. The van der Waals surface area contributed by atoms with Gasteiger partial charge in [-0.3, -0.25) is 9.59 Å². The van der Waals surface area contributed by atoms with Crippen LogP contribution in [0.2, 0.25) is 10.0 Å². The van der Waals surface area contributed by atoms with E-state index in [1.54, 1.807) is 36.4 Å². The van der Waals surface area contributed by atoms with Crippen LogP contribution in [0.15, 0.2) is 46.9 Å². The molecule has 2 amide bonds. The summed E-state index contributed by atoms with van der Waals surface area (Å²) >= 11 is 15.2. The van der Waals surface area contributed by atoms with Gasteiger partial charge in [0.2, 0.25) is 5.91 Å². The molecule has 118 valence electrons. The summed E-state index contributed by atoms with van der Waals surface area (Å²) in [6, 6.07) is 11.5. The van der Waals surface area contributed by atoms with E-state index in [4.69, 9.17) is 23.2 Å². The number of halogens is 3. The van der Waals surface area contributed by atoms with E-state index >= 15 is 0 Å². The molecule has 0 aliphatic carbocycles. The molecule has 1 N–H and O–H groups in total. The predicted molar refractivity (Wildman–Crippen MR) is 95.1 cm³/mol. The number of benzene rings is 2. The Morgan fingerprint density at radius 1 is 1.09 bits per heavy atom. The largest absolute Gasteiger partial charge is 0.373 e. The Bertz CT molecular complexity index is 797. The van der Waals surface area contributed by atoms with Crippen molar-refractivity contribution < 1.29 is 9.59 Å². The lowest BCUT2D eigenvalue weighted by atomic mass is 10.2. The lowest BCUT2D eigenvalue weighted by Gasteiger charge is -2.17. The van der Waals surface area contributed by atoms with Crippen molar-refractivity contribution in [2.24, 2.45) is 0 Å². The lowest BCUT2D eigenvalue weighted by molar-refractivity contribution is -0.121. The van der Waals surface area contributed by atoms with Crippen LogP contribution < -0.4 is 10.2 Å². The van der Waals surface area contributed by atoms with Crippen molar-refractivity contribution >= 4 is 62.3 Å². The van der Waals surface area contributed by atoms with Crippen molar-refractivity contribution in [2.45, 2.75) is 12.5 Å². The first-order chi connectivity index (χ1) is 11.0. The molecule has 0 saturated carbocycles. The van der Waals surface area contributed by atoms with Crippen LogP contribution in [0.3, 0.4) is 0 Å². The Labute approximate surface area is 151 Å². The average molecular weight is 414 g/mol. The Hall–Kier alpha value is -1.56. The van der Waals surface area contributed by atoms with Crippen LogP contribution in [0.25, 0.3) is 0 Å². The second-order valence-corrected chi connectivity index (χ2v) is 6.72. The van der Waals surface area contributed by atoms with E-state index in [-0.39, 0.29) is 18.2 Å². The van der Waals surface area contributed by atoms with Crippen LogP contribution in [-0.4, -0.2) is 17.9 Å². The van der Waals surface area contributed by atoms with Gasteiger partial charge in [-0.2, -0.15) is 0 Å². The summed E-state index contributed by atoms with van der Waals surface area (Å²) in [5, 5.41) is 3.85. The fourth-order valence-electron chi connectivity index (χ4n) is 2.42. The molecule has 1 aliphatic heterocycles. The Morgan fingerprint density at radius 3 is 2.52 bits per heavy atom. The van der Waals surface area contributed by atoms with Gasteiger partial charge < -0.3 is 5.32 Å². The molecule has 1 saturated heterocycles. The quantitative estimate of drug-likeness (QED) is 0.753. The number of imide groups is 1. The number of para-hydroxylation sites is 1. The van der Waals surface area contributed by atoms with Crippen molar-refractivity contribution in [1.82, 2.24) is 0 Å². The molecule has 1 fully saturated rings. The number of anilines is 2. The van der Waals surface area contributed by atoms with Gasteiger partial charge in [-0.25, -0.2) is 4.90 Å². The molecule has 0 aromatic heterocycles. The summed E-state index contributed by atoms with van der Waals surface area (Å²) in [5.41, 5.74) is 1.18. The van der Waals surface area contributed by atoms with Gasteiger partial charge in [0.1, 0.15) is 6.04 Å². The number of carbonyl (C=O) groups excluding carboxylic acids is 2. The summed E-state index contributed by atoms with van der Waals surface area (Å²) in [6.45, 7) is 0. The molecule has 4 nitrogen and oxygen atoms in total. The van der Waals surface area contributed by atoms with Crippen LogP contribution in [0.5, 0.6) is 0 Å². The molecular formula is C16H11BrCl2N2O2. The molecule has 23 heavy (non-hydrogen) atoms. The maximum atomic E-state index is 12.6. The van der Waals surface area contributed by atoms with Gasteiger partial charge in [-0.15, -0.1) is 0 Å². The first-order valence-corrected chi connectivity index (χ1v) is 8.35. The van der Waals surface area contributed by atoms with E-state index < -0.39 is 6.04 Å². The number of amides is 2. The van der Waals surface area contributed by atoms with Crippen LogP contribution >= 0.6 is 39.1 Å². The van der Waals surface area contributed by atoms with Crippen LogP contribution in [-0.2, 0) is 9.59 Å². The minimum absolute atomic E-state index is 0.0837. The summed E-state index contributed by atoms with van der Waals surface area (Å²) in [7, 11) is 0. The second kappa shape index (κ2) is 6.51. The minimum Gasteiger partial charge on any atom is -0.373 e. The smallest absolute Gasteiger partial charge is 0.256 e. The van der Waals surface area contributed by atoms with Crippen LogP contribution in [0.1, 0.15) is 6.42 Å². The van der Waals surface area contributed by atoms with Crippen molar-refractivity contribution in [3.05, 3.63) is 57.0 Å². The molecule has 3 rings (SSSR count). The van der Waals surface area contributed by atoms with Gasteiger partial charge in [-0.1, -0.05) is 35.3 Å². The summed E-state index contributed by atoms with van der Waals surface area (Å²) in [6.07, 6.45) is 0.0837. The number of rotatable bonds is 3. The standard InChI is InChI=1S/C16H11BrCl2N2O2/c17-10-3-1-2-4-14(10)21-15(22)8-13(16(21)23)20-9-5-6-11(18)12(19)7-9/h1-7,13,20H,8H2/t13-/m1/s1. The SMILES string of the molecule is O=C1C[C@@H](Nc2ccc(Cl)c(Cl)c2)C(=O)N1c1ccccc1Br. The number of carbonyl (C=O) groups is 2. The van der Waals surface area contributed by atoms with Crippen LogP contribution in [0.4, 0.5) is 11.4 Å². The third kappa shape index (κ3) is 3.22. The fourth-order valence-corrected chi connectivity index (χ4v) is 3.18. The third-order valence-electron chi connectivity index (χ3n) is 3.50. The highest BCUT2D eigenvalue weighted by molar-refractivity contribution is 9.10. The van der Waals surface area contributed by atoms with Gasteiger partial charge >= 0.3 is 0 Å². The van der Waals surface area contributed by atoms with Gasteiger partial charge in [-0.05, 0) is 46.3 Å². The first kappa shape index (κ1) is 16.3. The van der Waals surface area contributed by atoms with E-state index in [0.29, 0.717) is 25.9 Å². The second-order valence-electron chi connectivity index (χ2n) is 5.05. The highest BCUT2D eigenvalue weighted by atomic mass is 79.9. The number of hydrogen-bond donors (Lipinski definition) is 1. The van der Waals surface area contributed by atoms with E-state index in [0.717, 1.165) is 0 Å². The number of hydrogen-bond acceptors (Lipinski definition) is 3. The maximum Gasteiger partial charge on any atom is 0.256 e. The van der Waals surface area contributed by atoms with Crippen molar-refractivity contribution in [1.29, 1.82) is 0 Å². The zero-order valence-corrected chi connectivity index (χ0v) is 14.8. The van der Waals surface area contributed by atoms with Crippen molar-refractivity contribution in [2.75, 3.05) is 10.2 Å². The summed E-state index contributed by atoms with van der Waals surface area (Å²) < 4.78 is 0.692. The monoisotopic (exact) mass is 412 g/mol. The van der Waals surface area contributed by atoms with Crippen molar-refractivity contribution in [3.8, 4) is 0 Å². The number of nitrogens with zero attached hydrogens (tertiary/aromatic N) is 1. The average Bonchev–Trinajstić information content (AvgIpc) is 2.78. The molecule has 0 bridgehead atoms. The van der Waals surface area contributed by atoms with E-state index in [1.807, 2.05) is 6.07 Å². The Morgan fingerprint density at radius 2 is 1.83 bits per heavy atom. The van der Waals surface area contributed by atoms with E-state index in [9.17, 15) is 9.59 Å². The molecular weight excluding hydrogens is 403 g/mol. The van der Waals surface area contributed by atoms with Gasteiger partial charge in [0.25, 0.3) is 5.91 Å². The lowest BCUT2D eigenvalue weighted by Crippen LogP contribution is -2.35. The Kier molecular flexibility index (Phi) is 4.62. The Balaban J connectivity index is 1.84. The number of nitrogens with one attached hydrogen (secondary N) is 1. The minimum atomic E-state index is -0.633. The van der Waals surface area contributed by atoms with Crippen molar-refractivity contribution in [3.63, 3.8) is 0 Å². The van der Waals surface area contributed by atoms with E-state index in [1.165, 1.54) is 4.90 Å². The van der Waals surface area contributed by atoms with Gasteiger partial charge in [0.05, 0.1) is 22.2 Å².